The van der Waals surface area contributed by atoms with E-state index in [1.165, 1.54) is 0 Å². The largest absolute Gasteiger partial charge is 0.347 e. The molecule has 11 heavy (non-hydrogen) atoms. The van der Waals surface area contributed by atoms with Crippen molar-refractivity contribution in [1.29, 1.82) is 0 Å². The first-order valence-corrected chi connectivity index (χ1v) is 5.01. The minimum atomic E-state index is -0.359. The van der Waals surface area contributed by atoms with Crippen molar-refractivity contribution in [2.75, 3.05) is 11.5 Å². The molecule has 1 unspecified atom stereocenters. The second kappa shape index (κ2) is 2.35. The van der Waals surface area contributed by atoms with Crippen molar-refractivity contribution in [3.8, 4) is 0 Å². The fourth-order valence-corrected chi connectivity index (χ4v) is 2.99. The Labute approximate surface area is 74.3 Å². The van der Waals surface area contributed by atoms with Gasteiger partial charge in [0.1, 0.15) is 5.54 Å². The molecule has 0 aliphatic carbocycles. The molecule has 2 heterocycles. The summed E-state index contributed by atoms with van der Waals surface area (Å²) in [6.45, 7) is 0. The van der Waals surface area contributed by atoms with Crippen LogP contribution in [0.15, 0.2) is 0 Å². The maximum atomic E-state index is 11.3. The normalized spacial score (nSPS) is 36.0. The van der Waals surface area contributed by atoms with Gasteiger partial charge in [-0.15, -0.1) is 0 Å². The van der Waals surface area contributed by atoms with E-state index in [1.807, 2.05) is 0 Å². The van der Waals surface area contributed by atoms with E-state index in [-0.39, 0.29) is 11.4 Å². The molecular weight excluding hydrogens is 180 g/mol. The molecule has 2 fully saturated rings. The van der Waals surface area contributed by atoms with Crippen LogP contribution in [-0.4, -0.2) is 28.1 Å². The summed E-state index contributed by atoms with van der Waals surface area (Å²) in [6.07, 6.45) is 0.893. The van der Waals surface area contributed by atoms with Crippen LogP contribution in [0.5, 0.6) is 0 Å². The van der Waals surface area contributed by atoms with Gasteiger partial charge in [-0.1, -0.05) is 0 Å². The SMILES string of the molecule is O=C1NC(=S)NC12CCSC2. The smallest absolute Gasteiger partial charge is 0.252 e. The van der Waals surface area contributed by atoms with E-state index in [9.17, 15) is 4.79 Å². The predicted octanol–water partition coefficient (Wildman–Crippen LogP) is -0.134. The van der Waals surface area contributed by atoms with Crippen LogP contribution in [0, 0.1) is 0 Å². The summed E-state index contributed by atoms with van der Waals surface area (Å²) >= 11 is 6.65. The van der Waals surface area contributed by atoms with E-state index in [1.54, 1.807) is 11.8 Å². The van der Waals surface area contributed by atoms with Crippen molar-refractivity contribution in [3.05, 3.63) is 0 Å². The second-order valence-electron chi connectivity index (χ2n) is 2.79. The van der Waals surface area contributed by atoms with E-state index < -0.39 is 0 Å². The van der Waals surface area contributed by atoms with Crippen molar-refractivity contribution in [3.63, 3.8) is 0 Å². The maximum absolute atomic E-state index is 11.3. The zero-order valence-corrected chi connectivity index (χ0v) is 7.48. The van der Waals surface area contributed by atoms with Crippen LogP contribution < -0.4 is 10.6 Å². The summed E-state index contributed by atoms with van der Waals surface area (Å²) < 4.78 is 0. The van der Waals surface area contributed by atoms with Gasteiger partial charge in [0.2, 0.25) is 0 Å². The van der Waals surface area contributed by atoms with Gasteiger partial charge in [-0.25, -0.2) is 0 Å². The molecule has 0 aromatic rings. The van der Waals surface area contributed by atoms with Crippen molar-refractivity contribution < 1.29 is 4.79 Å². The number of hydrogen-bond donors (Lipinski definition) is 2. The quantitative estimate of drug-likeness (QED) is 0.519. The predicted molar refractivity (Wildman–Crippen MR) is 48.5 cm³/mol. The molecular formula is C6H8N2OS2. The highest BCUT2D eigenvalue weighted by Gasteiger charge is 2.46. The third-order valence-electron chi connectivity index (χ3n) is 2.04. The molecule has 2 aliphatic heterocycles. The molecule has 0 aromatic carbocycles. The monoisotopic (exact) mass is 188 g/mol. The highest BCUT2D eigenvalue weighted by Crippen LogP contribution is 2.29. The third kappa shape index (κ3) is 1.03. The number of carbonyl (C=O) groups is 1. The molecule has 1 spiro atoms. The summed E-state index contributed by atoms with van der Waals surface area (Å²) in [5, 5.41) is 6.13. The molecule has 60 valence electrons. The van der Waals surface area contributed by atoms with Gasteiger partial charge in [-0.05, 0) is 24.4 Å². The number of thioether (sulfide) groups is 1. The molecule has 2 rings (SSSR count). The molecule has 1 amide bonds. The molecule has 2 saturated heterocycles. The van der Waals surface area contributed by atoms with Gasteiger partial charge in [0.05, 0.1) is 0 Å². The van der Waals surface area contributed by atoms with Crippen molar-refractivity contribution in [2.45, 2.75) is 12.0 Å². The number of thiocarbonyl (C=S) groups is 1. The molecule has 1 atom stereocenters. The van der Waals surface area contributed by atoms with Crippen LogP contribution >= 0.6 is 24.0 Å². The van der Waals surface area contributed by atoms with E-state index >= 15 is 0 Å². The van der Waals surface area contributed by atoms with E-state index in [4.69, 9.17) is 12.2 Å². The van der Waals surface area contributed by atoms with Crippen molar-refractivity contribution in [1.82, 2.24) is 10.6 Å². The first-order chi connectivity index (χ1) is 5.23. The third-order valence-corrected chi connectivity index (χ3v) is 3.43. The Morgan fingerprint density at radius 1 is 1.64 bits per heavy atom. The maximum Gasteiger partial charge on any atom is 0.252 e. The lowest BCUT2D eigenvalue weighted by Crippen LogP contribution is -2.46. The number of amides is 1. The number of hydrogen-bond acceptors (Lipinski definition) is 3. The van der Waals surface area contributed by atoms with Gasteiger partial charge >= 0.3 is 0 Å². The lowest BCUT2D eigenvalue weighted by Gasteiger charge is -2.17. The zero-order valence-electron chi connectivity index (χ0n) is 5.85. The first-order valence-electron chi connectivity index (χ1n) is 3.44. The van der Waals surface area contributed by atoms with Gasteiger partial charge in [0, 0.05) is 5.75 Å². The minimum Gasteiger partial charge on any atom is -0.347 e. The standard InChI is InChI=1S/C6H8N2OS2/c9-4-6(1-2-11-3-6)8-5(10)7-4/h1-3H2,(H2,7,8,9,10). The average Bonchev–Trinajstić information content (AvgIpc) is 2.45. The number of carbonyl (C=O) groups excluding carboxylic acids is 1. The van der Waals surface area contributed by atoms with Crippen LogP contribution in [0.4, 0.5) is 0 Å². The number of nitrogens with one attached hydrogen (secondary N) is 2. The number of rotatable bonds is 0. The van der Waals surface area contributed by atoms with Crippen LogP contribution in [0.3, 0.4) is 0 Å². The van der Waals surface area contributed by atoms with Crippen molar-refractivity contribution >= 4 is 35.0 Å². The Hall–Kier alpha value is -0.290. The fourth-order valence-electron chi connectivity index (χ4n) is 1.37. The van der Waals surface area contributed by atoms with Crippen molar-refractivity contribution in [2.24, 2.45) is 0 Å². The van der Waals surface area contributed by atoms with E-state index in [0.717, 1.165) is 17.9 Å². The molecule has 2 N–H and O–H groups in total. The molecule has 0 saturated carbocycles. The first kappa shape index (κ1) is 7.36. The van der Waals surface area contributed by atoms with Gasteiger partial charge in [0.25, 0.3) is 5.91 Å². The lowest BCUT2D eigenvalue weighted by atomic mass is 10.0. The average molecular weight is 188 g/mol. The minimum absolute atomic E-state index is 0.0486. The van der Waals surface area contributed by atoms with Crippen LogP contribution in [0.1, 0.15) is 6.42 Å². The van der Waals surface area contributed by atoms with Gasteiger partial charge < -0.3 is 10.6 Å². The van der Waals surface area contributed by atoms with Gasteiger partial charge in [-0.3, -0.25) is 4.79 Å². The summed E-state index contributed by atoms with van der Waals surface area (Å²) in [5.74, 6) is 1.94. The molecule has 2 aliphatic rings. The lowest BCUT2D eigenvalue weighted by molar-refractivity contribution is -0.123. The summed E-state index contributed by atoms with van der Waals surface area (Å²) in [6, 6.07) is 0. The Balaban J connectivity index is 2.24. The zero-order chi connectivity index (χ0) is 7.90. The highest BCUT2D eigenvalue weighted by atomic mass is 32.2. The highest BCUT2D eigenvalue weighted by molar-refractivity contribution is 7.99. The Kier molecular flexibility index (Phi) is 1.57. The molecule has 0 radical (unpaired) electrons. The molecule has 5 heteroatoms. The summed E-state index contributed by atoms with van der Waals surface area (Å²) in [7, 11) is 0. The summed E-state index contributed by atoms with van der Waals surface area (Å²) in [5.41, 5.74) is -0.359. The van der Waals surface area contributed by atoms with Crippen LogP contribution in [-0.2, 0) is 4.79 Å². The Morgan fingerprint density at radius 3 is 2.91 bits per heavy atom. The topological polar surface area (TPSA) is 41.1 Å². The Bertz CT molecular complexity index is 223. The fraction of sp³-hybridized carbons (Fsp3) is 0.667. The second-order valence-corrected chi connectivity index (χ2v) is 4.31. The molecule has 0 aromatic heterocycles. The van der Waals surface area contributed by atoms with E-state index in [0.29, 0.717) is 5.11 Å². The summed E-state index contributed by atoms with van der Waals surface area (Å²) in [4.78, 5) is 11.3. The van der Waals surface area contributed by atoms with Crippen LogP contribution in [0.25, 0.3) is 0 Å². The van der Waals surface area contributed by atoms with Crippen LogP contribution in [0.2, 0.25) is 0 Å². The van der Waals surface area contributed by atoms with Gasteiger partial charge in [0.15, 0.2) is 5.11 Å². The molecule has 3 nitrogen and oxygen atoms in total. The van der Waals surface area contributed by atoms with E-state index in [2.05, 4.69) is 10.6 Å². The van der Waals surface area contributed by atoms with Gasteiger partial charge in [-0.2, -0.15) is 11.8 Å². The molecule has 0 bridgehead atoms. The Morgan fingerprint density at radius 2 is 2.45 bits per heavy atom.